The number of phenols is 1. The Morgan fingerprint density at radius 2 is 1.90 bits per heavy atom. The zero-order valence-corrected chi connectivity index (χ0v) is 12.4. The lowest BCUT2D eigenvalue weighted by Crippen LogP contribution is -2.25. The zero-order chi connectivity index (χ0) is 15.1. The molecule has 1 amide bonds. The maximum atomic E-state index is 11.8. The van der Waals surface area contributed by atoms with Crippen LogP contribution in [0.3, 0.4) is 0 Å². The third-order valence-corrected chi connectivity index (χ3v) is 3.47. The molecule has 2 N–H and O–H groups in total. The van der Waals surface area contributed by atoms with Crippen LogP contribution in [0, 0.1) is 0 Å². The van der Waals surface area contributed by atoms with Crippen LogP contribution in [0.25, 0.3) is 0 Å². The van der Waals surface area contributed by atoms with Crippen LogP contribution < -0.4 is 5.32 Å². The molecule has 0 radical (unpaired) electrons. The first-order valence-corrected chi connectivity index (χ1v) is 7.31. The lowest BCUT2D eigenvalue weighted by Gasteiger charge is -2.07. The quantitative estimate of drug-likeness (QED) is 0.860. The molecule has 0 fully saturated rings. The van der Waals surface area contributed by atoms with Gasteiger partial charge >= 0.3 is 0 Å². The number of para-hydroxylation sites is 1. The van der Waals surface area contributed by atoms with Gasteiger partial charge < -0.3 is 10.4 Å². The molecule has 0 saturated carbocycles. The molecule has 0 bridgehead atoms. The van der Waals surface area contributed by atoms with Crippen molar-refractivity contribution < 1.29 is 9.90 Å². The molecule has 0 unspecified atom stereocenters. The van der Waals surface area contributed by atoms with E-state index in [2.05, 4.69) is 5.32 Å². The largest absolute Gasteiger partial charge is 0.508 e. The Morgan fingerprint density at radius 3 is 2.67 bits per heavy atom. The number of rotatable bonds is 6. The molecule has 0 heterocycles. The highest BCUT2D eigenvalue weighted by Crippen LogP contribution is 2.15. The predicted octanol–water partition coefficient (Wildman–Crippen LogP) is 3.34. The van der Waals surface area contributed by atoms with E-state index in [0.29, 0.717) is 30.8 Å². The van der Waals surface area contributed by atoms with Crippen LogP contribution in [0.5, 0.6) is 5.75 Å². The molecule has 0 aliphatic rings. The summed E-state index contributed by atoms with van der Waals surface area (Å²) < 4.78 is 0. The Balaban J connectivity index is 1.72. The summed E-state index contributed by atoms with van der Waals surface area (Å²) in [5.41, 5.74) is 1.89. The summed E-state index contributed by atoms with van der Waals surface area (Å²) in [5, 5.41) is 13.2. The van der Waals surface area contributed by atoms with Crippen molar-refractivity contribution in [2.24, 2.45) is 0 Å². The number of halogens is 1. The first-order chi connectivity index (χ1) is 10.1. The minimum absolute atomic E-state index is 0.00500. The number of carbonyl (C=O) groups is 1. The normalized spacial score (nSPS) is 10.3. The summed E-state index contributed by atoms with van der Waals surface area (Å²) in [5.74, 6) is 0.274. The van der Waals surface area contributed by atoms with Gasteiger partial charge in [-0.3, -0.25) is 4.79 Å². The molecule has 4 heteroatoms. The van der Waals surface area contributed by atoms with Crippen molar-refractivity contribution >= 4 is 17.5 Å². The number of phenolic OH excluding ortho intramolecular Hbond substituents is 1. The van der Waals surface area contributed by atoms with Gasteiger partial charge in [-0.25, -0.2) is 0 Å². The molecule has 2 rings (SSSR count). The average Bonchev–Trinajstić information content (AvgIpc) is 2.47. The molecule has 110 valence electrons. The molecule has 0 aromatic heterocycles. The van der Waals surface area contributed by atoms with Gasteiger partial charge in [0.2, 0.25) is 5.91 Å². The van der Waals surface area contributed by atoms with Crippen molar-refractivity contribution in [3.8, 4) is 5.75 Å². The van der Waals surface area contributed by atoms with E-state index in [-0.39, 0.29) is 11.7 Å². The third kappa shape index (κ3) is 5.12. The van der Waals surface area contributed by atoms with Crippen molar-refractivity contribution in [1.29, 1.82) is 0 Å². The van der Waals surface area contributed by atoms with Gasteiger partial charge in [0, 0.05) is 18.0 Å². The van der Waals surface area contributed by atoms with Crippen LogP contribution in [-0.2, 0) is 17.6 Å². The van der Waals surface area contributed by atoms with Crippen LogP contribution in [0.2, 0.25) is 5.02 Å². The van der Waals surface area contributed by atoms with Crippen molar-refractivity contribution in [2.45, 2.75) is 19.3 Å². The van der Waals surface area contributed by atoms with Gasteiger partial charge in [0.1, 0.15) is 5.75 Å². The van der Waals surface area contributed by atoms with Gasteiger partial charge in [0.05, 0.1) is 0 Å². The highest BCUT2D eigenvalue weighted by atomic mass is 35.5. The van der Waals surface area contributed by atoms with E-state index in [1.165, 1.54) is 0 Å². The SMILES string of the molecule is O=C(CCc1cccc(Cl)c1)NCCc1ccccc1O. The summed E-state index contributed by atoms with van der Waals surface area (Å²) in [6, 6.07) is 14.7. The Hall–Kier alpha value is -2.00. The Morgan fingerprint density at radius 1 is 1.10 bits per heavy atom. The maximum absolute atomic E-state index is 11.8. The topological polar surface area (TPSA) is 49.3 Å². The predicted molar refractivity (Wildman–Crippen MR) is 84.6 cm³/mol. The van der Waals surface area contributed by atoms with E-state index in [9.17, 15) is 9.90 Å². The van der Waals surface area contributed by atoms with Crippen molar-refractivity contribution in [1.82, 2.24) is 5.32 Å². The molecule has 21 heavy (non-hydrogen) atoms. The first-order valence-electron chi connectivity index (χ1n) is 6.93. The fourth-order valence-corrected chi connectivity index (χ4v) is 2.31. The van der Waals surface area contributed by atoms with Crippen molar-refractivity contribution in [2.75, 3.05) is 6.54 Å². The summed E-state index contributed by atoms with van der Waals surface area (Å²) in [6.45, 7) is 0.520. The third-order valence-electron chi connectivity index (χ3n) is 3.24. The fraction of sp³-hybridized carbons (Fsp3) is 0.235. The van der Waals surface area contributed by atoms with Crippen LogP contribution in [0.4, 0.5) is 0 Å². The minimum atomic E-state index is 0.00500. The second-order valence-corrected chi connectivity index (χ2v) is 5.30. The number of amides is 1. The van der Waals surface area contributed by atoms with E-state index < -0.39 is 0 Å². The second-order valence-electron chi connectivity index (χ2n) is 4.86. The van der Waals surface area contributed by atoms with Crippen LogP contribution >= 0.6 is 11.6 Å². The smallest absolute Gasteiger partial charge is 0.220 e. The zero-order valence-electron chi connectivity index (χ0n) is 11.7. The van der Waals surface area contributed by atoms with Gasteiger partial charge in [-0.1, -0.05) is 41.9 Å². The molecule has 3 nitrogen and oxygen atoms in total. The summed E-state index contributed by atoms with van der Waals surface area (Å²) in [7, 11) is 0. The number of aryl methyl sites for hydroxylation is 1. The lowest BCUT2D eigenvalue weighted by molar-refractivity contribution is -0.121. The molecule has 0 atom stereocenters. The summed E-state index contributed by atoms with van der Waals surface area (Å²) in [4.78, 5) is 11.8. The Bertz CT molecular complexity index is 613. The average molecular weight is 304 g/mol. The van der Waals surface area contributed by atoms with Gasteiger partial charge in [-0.05, 0) is 42.2 Å². The van der Waals surface area contributed by atoms with E-state index >= 15 is 0 Å². The van der Waals surface area contributed by atoms with Crippen LogP contribution in [-0.4, -0.2) is 17.6 Å². The molecule has 0 spiro atoms. The molecular formula is C17H18ClNO2. The standard InChI is InChI=1S/C17H18ClNO2/c18-15-6-3-4-13(12-15)8-9-17(21)19-11-10-14-5-1-2-7-16(14)20/h1-7,12,20H,8-11H2,(H,19,21). The molecule has 0 saturated heterocycles. The van der Waals surface area contributed by atoms with E-state index in [1.54, 1.807) is 12.1 Å². The first kappa shape index (κ1) is 15.4. The van der Waals surface area contributed by atoms with Crippen molar-refractivity contribution in [3.63, 3.8) is 0 Å². The maximum Gasteiger partial charge on any atom is 0.220 e. The fourth-order valence-electron chi connectivity index (χ4n) is 2.10. The number of benzene rings is 2. The number of nitrogens with one attached hydrogen (secondary N) is 1. The van der Waals surface area contributed by atoms with Gasteiger partial charge in [-0.2, -0.15) is 0 Å². The minimum Gasteiger partial charge on any atom is -0.508 e. The van der Waals surface area contributed by atoms with Gasteiger partial charge in [0.25, 0.3) is 0 Å². The number of hydrogen-bond acceptors (Lipinski definition) is 2. The van der Waals surface area contributed by atoms with Gasteiger partial charge in [-0.15, -0.1) is 0 Å². The Labute approximate surface area is 129 Å². The number of hydrogen-bond donors (Lipinski definition) is 2. The molecule has 0 aliphatic carbocycles. The van der Waals surface area contributed by atoms with E-state index in [1.807, 2.05) is 36.4 Å². The molecule has 2 aromatic rings. The monoisotopic (exact) mass is 303 g/mol. The van der Waals surface area contributed by atoms with E-state index in [4.69, 9.17) is 11.6 Å². The highest BCUT2D eigenvalue weighted by molar-refractivity contribution is 6.30. The number of carbonyl (C=O) groups excluding carboxylic acids is 1. The second kappa shape index (κ2) is 7.70. The molecular weight excluding hydrogens is 286 g/mol. The Kier molecular flexibility index (Phi) is 5.64. The molecule has 0 aliphatic heterocycles. The van der Waals surface area contributed by atoms with E-state index in [0.717, 1.165) is 11.1 Å². The van der Waals surface area contributed by atoms with Crippen LogP contribution in [0.15, 0.2) is 48.5 Å². The summed E-state index contributed by atoms with van der Waals surface area (Å²) in [6.07, 6.45) is 1.72. The van der Waals surface area contributed by atoms with Crippen LogP contribution in [0.1, 0.15) is 17.5 Å². The number of aromatic hydroxyl groups is 1. The van der Waals surface area contributed by atoms with Crippen molar-refractivity contribution in [3.05, 3.63) is 64.7 Å². The lowest BCUT2D eigenvalue weighted by atomic mass is 10.1. The summed E-state index contributed by atoms with van der Waals surface area (Å²) >= 11 is 5.90. The molecule has 2 aromatic carbocycles. The highest BCUT2D eigenvalue weighted by Gasteiger charge is 2.04. The van der Waals surface area contributed by atoms with Gasteiger partial charge in [0.15, 0.2) is 0 Å².